The molecular formula is C26H23Cl2N5O2S2. The number of fused-ring (bicyclic) bond motifs is 1. The van der Waals surface area contributed by atoms with Crippen LogP contribution >= 0.6 is 46.3 Å². The molecule has 190 valence electrons. The molecule has 1 aliphatic carbocycles. The molecule has 0 unspecified atom stereocenters. The first-order chi connectivity index (χ1) is 18.0. The summed E-state index contributed by atoms with van der Waals surface area (Å²) in [5.74, 6) is 0.202. The number of H-pyrrole nitrogens is 1. The fraction of sp³-hybridized carbons (Fsp3) is 0.231. The zero-order chi connectivity index (χ0) is 25.8. The number of hydrogen-bond acceptors (Lipinski definition) is 6. The average molecular weight is 573 g/mol. The van der Waals surface area contributed by atoms with Crippen molar-refractivity contribution in [2.75, 3.05) is 11.1 Å². The van der Waals surface area contributed by atoms with Gasteiger partial charge in [-0.05, 0) is 55.0 Å². The van der Waals surface area contributed by atoms with Gasteiger partial charge in [0, 0.05) is 22.0 Å². The summed E-state index contributed by atoms with van der Waals surface area (Å²) in [5, 5.41) is 15.0. The van der Waals surface area contributed by atoms with Crippen molar-refractivity contribution in [3.8, 4) is 11.4 Å². The van der Waals surface area contributed by atoms with Gasteiger partial charge in [-0.15, -0.1) is 16.4 Å². The molecule has 2 heterocycles. The second kappa shape index (κ2) is 11.7. The number of thiophene rings is 1. The maximum Gasteiger partial charge on any atom is 0.254 e. The topological polar surface area (TPSA) is 99.8 Å². The molecule has 0 saturated carbocycles. The Morgan fingerprint density at radius 3 is 2.70 bits per heavy atom. The van der Waals surface area contributed by atoms with Crippen LogP contribution in [0.5, 0.6) is 0 Å². The fourth-order valence-electron chi connectivity index (χ4n) is 4.17. The first-order valence-corrected chi connectivity index (χ1v) is 14.3. The van der Waals surface area contributed by atoms with Crippen molar-refractivity contribution in [3.05, 3.63) is 80.1 Å². The Hall–Kier alpha value is -2.85. The third-order valence-corrected chi connectivity index (χ3v) is 8.53. The van der Waals surface area contributed by atoms with E-state index in [2.05, 4.69) is 25.8 Å². The summed E-state index contributed by atoms with van der Waals surface area (Å²) in [7, 11) is 0. The summed E-state index contributed by atoms with van der Waals surface area (Å²) in [6.07, 6.45) is 3.90. The van der Waals surface area contributed by atoms with Crippen LogP contribution in [0.15, 0.2) is 53.7 Å². The lowest BCUT2D eigenvalue weighted by Gasteiger charge is -2.13. The fourth-order valence-corrected chi connectivity index (χ4v) is 6.57. The number of nitrogens with zero attached hydrogens (tertiary/aromatic N) is 2. The van der Waals surface area contributed by atoms with Gasteiger partial charge in [0.2, 0.25) is 11.1 Å². The standard InChI is InChI=1S/C26H23Cl2N5O2S2/c27-16-10-11-17(19(28)12-16)23-31-26(33-32-23)36-14-21(34)30-25-22(18-8-4-5-9-20(18)37-25)24(35)29-13-15-6-2-1-3-7-15/h1-3,6-7,10-12H,4-5,8-9,13-14H2,(H,29,35)(H,30,34)(H,31,32,33). The number of halogens is 2. The molecule has 5 rings (SSSR count). The lowest BCUT2D eigenvalue weighted by molar-refractivity contribution is -0.113. The third kappa shape index (κ3) is 6.18. The normalized spacial score (nSPS) is 12.7. The monoisotopic (exact) mass is 571 g/mol. The molecule has 11 heteroatoms. The molecule has 2 amide bonds. The maximum absolute atomic E-state index is 13.2. The van der Waals surface area contributed by atoms with Crippen LogP contribution in [-0.4, -0.2) is 32.7 Å². The highest BCUT2D eigenvalue weighted by Crippen LogP contribution is 2.38. The Morgan fingerprint density at radius 2 is 1.89 bits per heavy atom. The molecular weight excluding hydrogens is 549 g/mol. The third-order valence-electron chi connectivity index (χ3n) is 5.93. The van der Waals surface area contributed by atoms with Crippen molar-refractivity contribution in [1.29, 1.82) is 0 Å². The smallest absolute Gasteiger partial charge is 0.254 e. The van der Waals surface area contributed by atoms with Crippen molar-refractivity contribution >= 4 is 63.1 Å². The summed E-state index contributed by atoms with van der Waals surface area (Å²) in [4.78, 5) is 31.7. The number of benzene rings is 2. The van der Waals surface area contributed by atoms with Gasteiger partial charge in [0.1, 0.15) is 5.00 Å². The van der Waals surface area contributed by atoms with Gasteiger partial charge in [-0.1, -0.05) is 65.3 Å². The quantitative estimate of drug-likeness (QED) is 0.213. The van der Waals surface area contributed by atoms with Crippen molar-refractivity contribution in [1.82, 2.24) is 20.5 Å². The minimum absolute atomic E-state index is 0.0965. The summed E-state index contributed by atoms with van der Waals surface area (Å²) >= 11 is 14.9. The molecule has 0 fully saturated rings. The Balaban J connectivity index is 1.25. The first kappa shape index (κ1) is 25.8. The molecule has 3 N–H and O–H groups in total. The second-order valence-corrected chi connectivity index (χ2v) is 11.4. The van der Waals surface area contributed by atoms with Gasteiger partial charge in [-0.3, -0.25) is 14.7 Å². The minimum atomic E-state index is -0.225. The van der Waals surface area contributed by atoms with Gasteiger partial charge < -0.3 is 10.6 Å². The van der Waals surface area contributed by atoms with Crippen LogP contribution in [0, 0.1) is 0 Å². The van der Waals surface area contributed by atoms with Gasteiger partial charge in [-0.2, -0.15) is 0 Å². The Labute approximate surface area is 232 Å². The molecule has 1 aliphatic rings. The second-order valence-electron chi connectivity index (χ2n) is 8.51. The largest absolute Gasteiger partial charge is 0.348 e. The van der Waals surface area contributed by atoms with Crippen LogP contribution in [-0.2, 0) is 24.2 Å². The van der Waals surface area contributed by atoms with Crippen LogP contribution < -0.4 is 10.6 Å². The van der Waals surface area contributed by atoms with E-state index < -0.39 is 0 Å². The lowest BCUT2D eigenvalue weighted by atomic mass is 9.95. The molecule has 0 saturated heterocycles. The number of anilines is 1. The van der Waals surface area contributed by atoms with E-state index in [-0.39, 0.29) is 17.6 Å². The first-order valence-electron chi connectivity index (χ1n) is 11.7. The van der Waals surface area contributed by atoms with E-state index in [4.69, 9.17) is 23.2 Å². The highest BCUT2D eigenvalue weighted by Gasteiger charge is 2.26. The number of aromatic amines is 1. The number of carbonyl (C=O) groups is 2. The number of rotatable bonds is 8. The van der Waals surface area contributed by atoms with Crippen molar-refractivity contribution in [2.45, 2.75) is 37.4 Å². The summed E-state index contributed by atoms with van der Waals surface area (Å²) in [6, 6.07) is 14.9. The number of carbonyl (C=O) groups excluding carboxylic acids is 2. The van der Waals surface area contributed by atoms with Crippen LogP contribution in [0.25, 0.3) is 11.4 Å². The zero-order valence-corrected chi connectivity index (χ0v) is 22.8. The van der Waals surface area contributed by atoms with Gasteiger partial charge >= 0.3 is 0 Å². The molecule has 37 heavy (non-hydrogen) atoms. The molecule has 7 nitrogen and oxygen atoms in total. The van der Waals surface area contributed by atoms with Crippen LogP contribution in [0.4, 0.5) is 5.00 Å². The van der Waals surface area contributed by atoms with Gasteiger partial charge in [0.15, 0.2) is 5.82 Å². The van der Waals surface area contributed by atoms with Crippen LogP contribution in [0.2, 0.25) is 10.0 Å². The Bertz CT molecular complexity index is 1440. The molecule has 0 atom stereocenters. The molecule has 0 bridgehead atoms. The van der Waals surface area contributed by atoms with Crippen molar-refractivity contribution in [2.24, 2.45) is 0 Å². The number of aryl methyl sites for hydroxylation is 1. The number of hydrogen-bond donors (Lipinski definition) is 3. The van der Waals surface area contributed by atoms with E-state index in [1.165, 1.54) is 28.0 Å². The highest BCUT2D eigenvalue weighted by molar-refractivity contribution is 7.99. The number of amides is 2. The molecule has 0 spiro atoms. The number of aromatic nitrogens is 3. The van der Waals surface area contributed by atoms with Crippen LogP contribution in [0.3, 0.4) is 0 Å². The lowest BCUT2D eigenvalue weighted by Crippen LogP contribution is -2.25. The summed E-state index contributed by atoms with van der Waals surface area (Å²) < 4.78 is 0. The number of nitrogens with one attached hydrogen (secondary N) is 3. The predicted octanol–water partition coefficient (Wildman–Crippen LogP) is 6.38. The molecule has 0 aliphatic heterocycles. The molecule has 0 radical (unpaired) electrons. The number of thioether (sulfide) groups is 1. The average Bonchev–Trinajstić information content (AvgIpc) is 3.51. The van der Waals surface area contributed by atoms with Gasteiger partial charge in [0.25, 0.3) is 5.91 Å². The van der Waals surface area contributed by atoms with E-state index in [9.17, 15) is 9.59 Å². The van der Waals surface area contributed by atoms with Gasteiger partial charge in [-0.25, -0.2) is 4.98 Å². The van der Waals surface area contributed by atoms with E-state index in [0.29, 0.717) is 43.7 Å². The van der Waals surface area contributed by atoms with E-state index in [1.807, 2.05) is 30.3 Å². The molecule has 4 aromatic rings. The Morgan fingerprint density at radius 1 is 1.08 bits per heavy atom. The van der Waals surface area contributed by atoms with E-state index in [0.717, 1.165) is 36.8 Å². The van der Waals surface area contributed by atoms with Crippen molar-refractivity contribution in [3.63, 3.8) is 0 Å². The highest BCUT2D eigenvalue weighted by atomic mass is 35.5. The summed E-state index contributed by atoms with van der Waals surface area (Å²) in [6.45, 7) is 0.429. The SMILES string of the molecule is O=C(CSc1n[nH]c(-c2ccc(Cl)cc2Cl)n1)Nc1sc2c(c1C(=O)NCc1ccccc1)CCCC2. The molecule has 2 aromatic heterocycles. The zero-order valence-electron chi connectivity index (χ0n) is 19.6. The van der Waals surface area contributed by atoms with E-state index in [1.54, 1.807) is 18.2 Å². The summed E-state index contributed by atoms with van der Waals surface area (Å²) in [5.41, 5.74) is 3.34. The Kier molecular flexibility index (Phi) is 8.14. The van der Waals surface area contributed by atoms with Crippen LogP contribution in [0.1, 0.15) is 39.2 Å². The molecule has 2 aromatic carbocycles. The minimum Gasteiger partial charge on any atom is -0.348 e. The van der Waals surface area contributed by atoms with E-state index >= 15 is 0 Å². The van der Waals surface area contributed by atoms with Gasteiger partial charge in [0.05, 0.1) is 16.3 Å². The predicted molar refractivity (Wildman–Crippen MR) is 150 cm³/mol. The maximum atomic E-state index is 13.2. The van der Waals surface area contributed by atoms with Crippen molar-refractivity contribution < 1.29 is 9.59 Å².